The van der Waals surface area contributed by atoms with Gasteiger partial charge in [-0.3, -0.25) is 9.80 Å². The first-order valence-electron chi connectivity index (χ1n) is 6.00. The first-order chi connectivity index (χ1) is 6.51. The summed E-state index contributed by atoms with van der Waals surface area (Å²) in [7, 11) is 2.35. The van der Waals surface area contributed by atoms with E-state index >= 15 is 0 Å². The SMILES string of the molecule is CN1CC23CC2C(C)(C)N3CC12CC2. The zero-order valence-corrected chi connectivity index (χ0v) is 9.51. The van der Waals surface area contributed by atoms with Crippen LogP contribution >= 0.6 is 0 Å². The number of nitrogens with zero attached hydrogens (tertiary/aromatic N) is 2. The second-order valence-electron chi connectivity index (χ2n) is 6.68. The fourth-order valence-corrected chi connectivity index (χ4v) is 4.49. The lowest BCUT2D eigenvalue weighted by molar-refractivity contribution is -0.124. The first-order valence-corrected chi connectivity index (χ1v) is 6.00. The molecule has 14 heavy (non-hydrogen) atoms. The Morgan fingerprint density at radius 1 is 1.14 bits per heavy atom. The molecule has 0 aromatic heterocycles. The van der Waals surface area contributed by atoms with Gasteiger partial charge in [0.15, 0.2) is 0 Å². The van der Waals surface area contributed by atoms with Gasteiger partial charge in [0.05, 0.1) is 0 Å². The molecule has 2 saturated carbocycles. The monoisotopic (exact) mass is 192 g/mol. The molecule has 78 valence electrons. The van der Waals surface area contributed by atoms with E-state index in [2.05, 4.69) is 30.7 Å². The van der Waals surface area contributed by atoms with Crippen LogP contribution in [0.2, 0.25) is 0 Å². The fourth-order valence-electron chi connectivity index (χ4n) is 4.49. The van der Waals surface area contributed by atoms with Gasteiger partial charge in [0.2, 0.25) is 0 Å². The van der Waals surface area contributed by atoms with Crippen LogP contribution in [0, 0.1) is 5.92 Å². The van der Waals surface area contributed by atoms with Gasteiger partial charge in [-0.1, -0.05) is 0 Å². The van der Waals surface area contributed by atoms with E-state index in [1.54, 1.807) is 0 Å². The smallest absolute Gasteiger partial charge is 0.0393 e. The van der Waals surface area contributed by atoms with Crippen molar-refractivity contribution in [3.63, 3.8) is 0 Å². The molecule has 2 saturated heterocycles. The van der Waals surface area contributed by atoms with Crippen molar-refractivity contribution < 1.29 is 0 Å². The Labute approximate surface area is 86.2 Å². The van der Waals surface area contributed by atoms with E-state index in [9.17, 15) is 0 Å². The normalized spacial score (nSPS) is 52.1. The zero-order valence-electron chi connectivity index (χ0n) is 9.51. The van der Waals surface area contributed by atoms with E-state index in [0.717, 1.165) is 5.92 Å². The third-order valence-electron chi connectivity index (χ3n) is 5.73. The minimum atomic E-state index is 0.525. The van der Waals surface area contributed by atoms with Gasteiger partial charge in [-0.15, -0.1) is 0 Å². The first kappa shape index (κ1) is 8.12. The van der Waals surface area contributed by atoms with Crippen molar-refractivity contribution in [2.45, 2.75) is 49.7 Å². The number of rotatable bonds is 0. The summed E-state index contributed by atoms with van der Waals surface area (Å²) >= 11 is 0. The average Bonchev–Trinajstić information content (AvgIpc) is 2.93. The molecule has 2 aliphatic carbocycles. The van der Waals surface area contributed by atoms with Crippen LogP contribution in [-0.2, 0) is 0 Å². The van der Waals surface area contributed by atoms with Crippen LogP contribution in [0.15, 0.2) is 0 Å². The summed E-state index contributed by atoms with van der Waals surface area (Å²) in [5.74, 6) is 1.01. The molecular formula is C12H20N2. The van der Waals surface area contributed by atoms with Crippen molar-refractivity contribution >= 4 is 0 Å². The largest absolute Gasteiger partial charge is 0.298 e. The predicted octanol–water partition coefficient (Wildman–Crippen LogP) is 1.32. The maximum Gasteiger partial charge on any atom is 0.0393 e. The maximum atomic E-state index is 2.83. The minimum absolute atomic E-state index is 0.525. The van der Waals surface area contributed by atoms with Crippen molar-refractivity contribution in [1.82, 2.24) is 9.80 Å². The standard InChI is InChI=1S/C12H20N2/c1-10(2)9-6-12(9)8-13(3)11(4-5-11)7-14(10)12/h9H,4-8H2,1-3H3. The van der Waals surface area contributed by atoms with Gasteiger partial charge in [-0.05, 0) is 46.1 Å². The van der Waals surface area contributed by atoms with Crippen LogP contribution in [0.5, 0.6) is 0 Å². The van der Waals surface area contributed by atoms with Gasteiger partial charge >= 0.3 is 0 Å². The zero-order chi connectivity index (χ0) is 9.77. The van der Waals surface area contributed by atoms with Crippen LogP contribution in [0.4, 0.5) is 0 Å². The van der Waals surface area contributed by atoms with E-state index in [-0.39, 0.29) is 0 Å². The van der Waals surface area contributed by atoms with Gasteiger partial charge in [0.1, 0.15) is 0 Å². The topological polar surface area (TPSA) is 6.48 Å². The van der Waals surface area contributed by atoms with Gasteiger partial charge in [0.25, 0.3) is 0 Å². The summed E-state index contributed by atoms with van der Waals surface area (Å²) < 4.78 is 0. The second kappa shape index (κ2) is 1.80. The van der Waals surface area contributed by atoms with Gasteiger partial charge < -0.3 is 0 Å². The van der Waals surface area contributed by atoms with Gasteiger partial charge in [0, 0.05) is 29.7 Å². The molecule has 0 aromatic carbocycles. The molecule has 2 unspecified atom stereocenters. The van der Waals surface area contributed by atoms with Crippen LogP contribution in [0.1, 0.15) is 33.1 Å². The summed E-state index contributed by atoms with van der Waals surface area (Å²) in [4.78, 5) is 5.50. The molecular weight excluding hydrogens is 172 g/mol. The molecule has 0 N–H and O–H groups in total. The maximum absolute atomic E-state index is 2.83. The Balaban J connectivity index is 1.70. The summed E-state index contributed by atoms with van der Waals surface area (Å²) in [5.41, 5.74) is 1.78. The number of hydrogen-bond acceptors (Lipinski definition) is 2. The minimum Gasteiger partial charge on any atom is -0.298 e. The Kier molecular flexibility index (Phi) is 1.04. The number of likely N-dealkylation sites (N-methyl/N-ethyl adjacent to an activating group) is 1. The van der Waals surface area contributed by atoms with Crippen molar-refractivity contribution in [1.29, 1.82) is 0 Å². The van der Waals surface area contributed by atoms with Crippen molar-refractivity contribution in [2.24, 2.45) is 5.92 Å². The molecule has 2 heteroatoms. The van der Waals surface area contributed by atoms with Gasteiger partial charge in [-0.25, -0.2) is 0 Å². The third-order valence-corrected chi connectivity index (χ3v) is 5.73. The lowest BCUT2D eigenvalue weighted by atomic mass is 9.78. The molecule has 2 heterocycles. The van der Waals surface area contributed by atoms with E-state index in [1.807, 2.05) is 0 Å². The molecule has 0 aromatic rings. The van der Waals surface area contributed by atoms with Crippen LogP contribution < -0.4 is 0 Å². The molecule has 0 radical (unpaired) electrons. The Morgan fingerprint density at radius 2 is 1.86 bits per heavy atom. The summed E-state index contributed by atoms with van der Waals surface area (Å²) in [6.45, 7) is 7.60. The van der Waals surface area contributed by atoms with E-state index in [0.29, 0.717) is 16.6 Å². The molecule has 0 amide bonds. The summed E-state index contributed by atoms with van der Waals surface area (Å²) in [5, 5.41) is 0. The Morgan fingerprint density at radius 3 is 2.43 bits per heavy atom. The Bertz CT molecular complexity index is 318. The van der Waals surface area contributed by atoms with Crippen LogP contribution in [-0.4, -0.2) is 46.6 Å². The molecule has 2 nitrogen and oxygen atoms in total. The van der Waals surface area contributed by atoms with E-state index < -0.39 is 0 Å². The molecule has 2 atom stereocenters. The molecule has 4 fully saturated rings. The molecule has 4 rings (SSSR count). The van der Waals surface area contributed by atoms with Crippen molar-refractivity contribution in [2.75, 3.05) is 20.1 Å². The highest BCUT2D eigenvalue weighted by Gasteiger charge is 2.79. The highest BCUT2D eigenvalue weighted by Crippen LogP contribution is 2.71. The number of hydrogen-bond donors (Lipinski definition) is 0. The van der Waals surface area contributed by atoms with E-state index in [4.69, 9.17) is 0 Å². The van der Waals surface area contributed by atoms with Crippen LogP contribution in [0.25, 0.3) is 0 Å². The lowest BCUT2D eigenvalue weighted by Crippen LogP contribution is -2.74. The fraction of sp³-hybridized carbons (Fsp3) is 1.00. The lowest BCUT2D eigenvalue weighted by Gasteiger charge is -2.61. The molecule has 4 aliphatic rings. The van der Waals surface area contributed by atoms with Crippen molar-refractivity contribution in [3.05, 3.63) is 0 Å². The Hall–Kier alpha value is -0.0800. The van der Waals surface area contributed by atoms with Crippen LogP contribution in [0.3, 0.4) is 0 Å². The number of piperazine rings is 1. The van der Waals surface area contributed by atoms with E-state index in [1.165, 1.54) is 32.4 Å². The van der Waals surface area contributed by atoms with Crippen molar-refractivity contribution in [3.8, 4) is 0 Å². The summed E-state index contributed by atoms with van der Waals surface area (Å²) in [6.07, 6.45) is 4.36. The highest BCUT2D eigenvalue weighted by molar-refractivity contribution is 5.35. The second-order valence-corrected chi connectivity index (χ2v) is 6.68. The highest BCUT2D eigenvalue weighted by atomic mass is 15.5. The molecule has 0 bridgehead atoms. The predicted molar refractivity (Wildman–Crippen MR) is 56.2 cm³/mol. The molecule has 2 spiro atoms. The average molecular weight is 192 g/mol. The third kappa shape index (κ3) is 0.619. The molecule has 2 aliphatic heterocycles. The quantitative estimate of drug-likeness (QED) is 0.571. The summed E-state index contributed by atoms with van der Waals surface area (Å²) in [6, 6.07) is 0. The van der Waals surface area contributed by atoms with Gasteiger partial charge in [-0.2, -0.15) is 0 Å².